The van der Waals surface area contributed by atoms with Crippen LogP contribution >= 0.6 is 24.0 Å². The molecular formula is C16H32IN5. The van der Waals surface area contributed by atoms with E-state index in [0.717, 1.165) is 37.7 Å². The second-order valence-electron chi connectivity index (χ2n) is 5.53. The zero-order valence-electron chi connectivity index (χ0n) is 14.9. The van der Waals surface area contributed by atoms with E-state index in [9.17, 15) is 0 Å². The van der Waals surface area contributed by atoms with Crippen molar-refractivity contribution in [3.63, 3.8) is 0 Å². The van der Waals surface area contributed by atoms with Crippen molar-refractivity contribution in [1.29, 1.82) is 0 Å². The molecule has 0 aliphatic heterocycles. The molecule has 128 valence electrons. The molecule has 0 aliphatic rings. The summed E-state index contributed by atoms with van der Waals surface area (Å²) < 4.78 is 1.95. The maximum Gasteiger partial charge on any atom is 0.193 e. The molecule has 5 nitrogen and oxygen atoms in total. The number of hydrogen-bond donors (Lipinski definition) is 1. The maximum absolute atomic E-state index is 4.75. The molecule has 1 N–H and O–H groups in total. The lowest BCUT2D eigenvalue weighted by atomic mass is 10.1. The predicted octanol–water partition coefficient (Wildman–Crippen LogP) is 2.89. The van der Waals surface area contributed by atoms with E-state index in [0.29, 0.717) is 0 Å². The second-order valence-corrected chi connectivity index (χ2v) is 5.53. The zero-order chi connectivity index (χ0) is 15.8. The third-order valence-corrected chi connectivity index (χ3v) is 3.83. The summed E-state index contributed by atoms with van der Waals surface area (Å²) in [5.74, 6) is 1.00. The Bertz CT molecular complexity index is 467. The molecule has 1 heterocycles. The third kappa shape index (κ3) is 6.14. The molecule has 0 bridgehead atoms. The van der Waals surface area contributed by atoms with E-state index in [2.05, 4.69) is 50.1 Å². The largest absolute Gasteiger partial charge is 0.357 e. The number of guanidine groups is 1. The highest BCUT2D eigenvalue weighted by molar-refractivity contribution is 14.0. The van der Waals surface area contributed by atoms with Crippen molar-refractivity contribution in [3.8, 4) is 0 Å². The summed E-state index contributed by atoms with van der Waals surface area (Å²) in [6.45, 7) is 11.3. The molecule has 22 heavy (non-hydrogen) atoms. The van der Waals surface area contributed by atoms with Gasteiger partial charge in [-0.15, -0.1) is 24.0 Å². The molecule has 0 unspecified atom stereocenters. The first-order valence-corrected chi connectivity index (χ1v) is 7.99. The second kappa shape index (κ2) is 10.9. The number of hydrogen-bond acceptors (Lipinski definition) is 2. The lowest BCUT2D eigenvalue weighted by molar-refractivity contribution is 0.465. The first-order valence-electron chi connectivity index (χ1n) is 7.99. The molecule has 0 atom stereocenters. The van der Waals surface area contributed by atoms with Crippen molar-refractivity contribution in [2.75, 3.05) is 26.7 Å². The molecule has 0 amide bonds. The van der Waals surface area contributed by atoms with Crippen molar-refractivity contribution >= 4 is 29.9 Å². The summed E-state index contributed by atoms with van der Waals surface area (Å²) in [5.41, 5.74) is 3.69. The number of rotatable bonds is 7. The van der Waals surface area contributed by atoms with Gasteiger partial charge in [0.1, 0.15) is 0 Å². The van der Waals surface area contributed by atoms with E-state index >= 15 is 0 Å². The molecule has 0 aliphatic carbocycles. The van der Waals surface area contributed by atoms with E-state index in [-0.39, 0.29) is 24.0 Å². The fraction of sp³-hybridized carbons (Fsp3) is 0.750. The zero-order valence-corrected chi connectivity index (χ0v) is 17.3. The highest BCUT2D eigenvalue weighted by Crippen LogP contribution is 2.12. The molecule has 0 spiro atoms. The lowest BCUT2D eigenvalue weighted by Crippen LogP contribution is -2.39. The van der Waals surface area contributed by atoms with E-state index in [4.69, 9.17) is 4.99 Å². The van der Waals surface area contributed by atoms with Crippen LogP contribution < -0.4 is 5.32 Å². The maximum atomic E-state index is 4.75. The SMILES string of the molecule is CCCCN(C)C(=NCCc1c(C)nn(C)c1C)NCC.I. The standard InChI is InChI=1S/C16H31N5.HI/c1-7-9-12-20(5)16(17-8-2)18-11-10-15-13(3)19-21(6)14(15)4;/h7-12H2,1-6H3,(H,17,18);1H. The number of nitrogens with one attached hydrogen (secondary N) is 1. The molecule has 1 aromatic heterocycles. The number of nitrogens with zero attached hydrogens (tertiary/aromatic N) is 4. The fourth-order valence-corrected chi connectivity index (χ4v) is 2.42. The van der Waals surface area contributed by atoms with E-state index in [1.54, 1.807) is 0 Å². The monoisotopic (exact) mass is 421 g/mol. The van der Waals surface area contributed by atoms with Gasteiger partial charge < -0.3 is 10.2 Å². The van der Waals surface area contributed by atoms with Crippen LogP contribution in [0, 0.1) is 13.8 Å². The van der Waals surface area contributed by atoms with Gasteiger partial charge in [0.15, 0.2) is 5.96 Å². The van der Waals surface area contributed by atoms with Crippen LogP contribution in [0.4, 0.5) is 0 Å². The highest BCUT2D eigenvalue weighted by atomic mass is 127. The van der Waals surface area contributed by atoms with Crippen LogP contribution in [-0.4, -0.2) is 47.3 Å². The average Bonchev–Trinajstić information content (AvgIpc) is 2.69. The molecule has 0 fully saturated rings. The summed E-state index contributed by atoms with van der Waals surface area (Å²) in [5, 5.41) is 7.83. The minimum atomic E-state index is 0. The Morgan fingerprint density at radius 1 is 1.32 bits per heavy atom. The van der Waals surface area contributed by atoms with E-state index in [1.165, 1.54) is 24.1 Å². The summed E-state index contributed by atoms with van der Waals surface area (Å²) in [6, 6.07) is 0. The number of halogens is 1. The summed E-state index contributed by atoms with van der Waals surface area (Å²) in [7, 11) is 4.11. The van der Waals surface area contributed by atoms with Gasteiger partial charge in [-0.25, -0.2) is 0 Å². The Kier molecular flexibility index (Phi) is 10.5. The molecule has 0 saturated carbocycles. The lowest BCUT2D eigenvalue weighted by Gasteiger charge is -2.21. The highest BCUT2D eigenvalue weighted by Gasteiger charge is 2.09. The number of unbranched alkanes of at least 4 members (excludes halogenated alkanes) is 1. The topological polar surface area (TPSA) is 45.5 Å². The molecule has 1 aromatic rings. The number of aryl methyl sites for hydroxylation is 2. The third-order valence-electron chi connectivity index (χ3n) is 3.83. The Labute approximate surface area is 152 Å². The minimum absolute atomic E-state index is 0. The van der Waals surface area contributed by atoms with Crippen LogP contribution in [0.25, 0.3) is 0 Å². The first-order chi connectivity index (χ1) is 10.0. The van der Waals surface area contributed by atoms with Gasteiger partial charge in [0.2, 0.25) is 0 Å². The van der Waals surface area contributed by atoms with Crippen LogP contribution in [0.1, 0.15) is 43.6 Å². The molecule has 0 aromatic carbocycles. The van der Waals surface area contributed by atoms with Crippen molar-refractivity contribution in [1.82, 2.24) is 20.0 Å². The van der Waals surface area contributed by atoms with E-state index in [1.807, 2.05) is 11.7 Å². The Hall–Kier alpha value is -0.790. The van der Waals surface area contributed by atoms with Crippen molar-refractivity contribution in [3.05, 3.63) is 17.0 Å². The van der Waals surface area contributed by atoms with Crippen LogP contribution in [-0.2, 0) is 13.5 Å². The van der Waals surface area contributed by atoms with Gasteiger partial charge in [-0.1, -0.05) is 13.3 Å². The van der Waals surface area contributed by atoms with Gasteiger partial charge in [-0.3, -0.25) is 9.67 Å². The molecule has 1 rings (SSSR count). The molecule has 0 radical (unpaired) electrons. The fourth-order valence-electron chi connectivity index (χ4n) is 2.42. The molecule has 0 saturated heterocycles. The van der Waals surface area contributed by atoms with E-state index < -0.39 is 0 Å². The minimum Gasteiger partial charge on any atom is -0.357 e. The summed E-state index contributed by atoms with van der Waals surface area (Å²) in [4.78, 5) is 6.97. The van der Waals surface area contributed by atoms with Crippen molar-refractivity contribution in [2.24, 2.45) is 12.0 Å². The van der Waals surface area contributed by atoms with Gasteiger partial charge in [0.05, 0.1) is 5.69 Å². The van der Waals surface area contributed by atoms with Crippen LogP contribution in [0.3, 0.4) is 0 Å². The number of aromatic nitrogens is 2. The Balaban J connectivity index is 0.00000441. The van der Waals surface area contributed by atoms with Crippen molar-refractivity contribution in [2.45, 2.75) is 47.0 Å². The quantitative estimate of drug-likeness (QED) is 0.419. The molecular weight excluding hydrogens is 389 g/mol. The van der Waals surface area contributed by atoms with Gasteiger partial charge >= 0.3 is 0 Å². The van der Waals surface area contributed by atoms with Crippen molar-refractivity contribution < 1.29 is 0 Å². The van der Waals surface area contributed by atoms with Gasteiger partial charge in [-0.05, 0) is 39.2 Å². The Morgan fingerprint density at radius 3 is 2.50 bits per heavy atom. The van der Waals surface area contributed by atoms with Gasteiger partial charge in [0, 0.05) is 39.4 Å². The van der Waals surface area contributed by atoms with Crippen LogP contribution in [0.2, 0.25) is 0 Å². The number of aliphatic imine (C=N–C) groups is 1. The normalized spacial score (nSPS) is 11.3. The van der Waals surface area contributed by atoms with Crippen LogP contribution in [0.5, 0.6) is 0 Å². The van der Waals surface area contributed by atoms with Gasteiger partial charge in [-0.2, -0.15) is 5.10 Å². The average molecular weight is 421 g/mol. The summed E-state index contributed by atoms with van der Waals surface area (Å²) in [6.07, 6.45) is 3.35. The summed E-state index contributed by atoms with van der Waals surface area (Å²) >= 11 is 0. The van der Waals surface area contributed by atoms with Crippen LogP contribution in [0.15, 0.2) is 4.99 Å². The predicted molar refractivity (Wildman–Crippen MR) is 105 cm³/mol. The first kappa shape index (κ1) is 21.2. The molecule has 6 heteroatoms. The van der Waals surface area contributed by atoms with Gasteiger partial charge in [0.25, 0.3) is 0 Å². The Morgan fingerprint density at radius 2 is 2.00 bits per heavy atom. The smallest absolute Gasteiger partial charge is 0.193 e.